The minimum atomic E-state index is 1.08. The summed E-state index contributed by atoms with van der Waals surface area (Å²) >= 11 is 0. The fourth-order valence-electron chi connectivity index (χ4n) is 0.795. The Balaban J connectivity index is 2.51. The third-order valence-electron chi connectivity index (χ3n) is 1.30. The number of allylic oxidation sites excluding steroid dienone is 2. The van der Waals surface area contributed by atoms with Crippen molar-refractivity contribution in [1.82, 2.24) is 0 Å². The Morgan fingerprint density at radius 1 is 1.62 bits per heavy atom. The molecule has 0 atom stereocenters. The van der Waals surface area contributed by atoms with Crippen LogP contribution in [0.5, 0.6) is 0 Å². The van der Waals surface area contributed by atoms with Crippen molar-refractivity contribution >= 4 is 6.21 Å². The van der Waals surface area contributed by atoms with E-state index in [1.165, 1.54) is 12.1 Å². The van der Waals surface area contributed by atoms with Gasteiger partial charge in [-0.05, 0) is 19.3 Å². The van der Waals surface area contributed by atoms with Crippen molar-refractivity contribution in [2.75, 3.05) is 0 Å². The monoisotopic (exact) mass is 109 g/mol. The number of hydrogen-bond acceptors (Lipinski definition) is 1. The molecular formula is C7H11N. The first-order chi connectivity index (χ1) is 3.93. The maximum Gasteiger partial charge on any atom is 0.0357 e. The fourth-order valence-corrected chi connectivity index (χ4v) is 0.795. The molecule has 0 aromatic heterocycles. The Hall–Kier alpha value is -0.590. The van der Waals surface area contributed by atoms with Crippen LogP contribution in [0.15, 0.2) is 16.8 Å². The topological polar surface area (TPSA) is 12.4 Å². The van der Waals surface area contributed by atoms with E-state index in [2.05, 4.69) is 18.0 Å². The van der Waals surface area contributed by atoms with Crippen molar-refractivity contribution in [3.8, 4) is 0 Å². The zero-order valence-electron chi connectivity index (χ0n) is 5.22. The Morgan fingerprint density at radius 2 is 2.50 bits per heavy atom. The molecule has 0 N–H and O–H groups in total. The third-order valence-corrected chi connectivity index (χ3v) is 1.30. The van der Waals surface area contributed by atoms with Crippen LogP contribution in [0.25, 0.3) is 0 Å². The van der Waals surface area contributed by atoms with Crippen LogP contribution in [0.4, 0.5) is 0 Å². The van der Waals surface area contributed by atoms with Crippen LogP contribution < -0.4 is 0 Å². The normalized spacial score (nSPS) is 18.4. The molecule has 8 heavy (non-hydrogen) atoms. The highest BCUT2D eigenvalue weighted by Gasteiger charge is 1.92. The molecule has 0 aromatic rings. The lowest BCUT2D eigenvalue weighted by Crippen LogP contribution is -1.85. The van der Waals surface area contributed by atoms with Gasteiger partial charge >= 0.3 is 0 Å². The second-order valence-corrected chi connectivity index (χ2v) is 1.94. The van der Waals surface area contributed by atoms with E-state index in [0.717, 1.165) is 12.8 Å². The van der Waals surface area contributed by atoms with E-state index >= 15 is 0 Å². The van der Waals surface area contributed by atoms with Gasteiger partial charge in [0.2, 0.25) is 0 Å². The molecule has 0 aliphatic carbocycles. The van der Waals surface area contributed by atoms with E-state index in [9.17, 15) is 0 Å². The van der Waals surface area contributed by atoms with Gasteiger partial charge in [-0.15, -0.1) is 0 Å². The lowest BCUT2D eigenvalue weighted by molar-refractivity contribution is 0.975. The molecule has 0 bridgehead atoms. The highest BCUT2D eigenvalue weighted by molar-refractivity contribution is 5.60. The highest BCUT2D eigenvalue weighted by atomic mass is 14.7. The van der Waals surface area contributed by atoms with Gasteiger partial charge < -0.3 is 0 Å². The van der Waals surface area contributed by atoms with Crippen LogP contribution in [-0.4, -0.2) is 6.21 Å². The van der Waals surface area contributed by atoms with Gasteiger partial charge in [-0.1, -0.05) is 13.0 Å². The summed E-state index contributed by atoms with van der Waals surface area (Å²) in [7, 11) is 0. The standard InChI is InChI=1S/C7H11N/c1-2-7-5-3-4-6-8-7/h5-6H,2-4H2,1H3. The van der Waals surface area contributed by atoms with E-state index in [-0.39, 0.29) is 0 Å². The average molecular weight is 109 g/mol. The van der Waals surface area contributed by atoms with Crippen LogP contribution in [0.2, 0.25) is 0 Å². The summed E-state index contributed by atoms with van der Waals surface area (Å²) < 4.78 is 0. The van der Waals surface area contributed by atoms with Gasteiger partial charge in [0.05, 0.1) is 0 Å². The Morgan fingerprint density at radius 3 is 2.88 bits per heavy atom. The lowest BCUT2D eigenvalue weighted by Gasteiger charge is -2.00. The lowest BCUT2D eigenvalue weighted by atomic mass is 10.2. The van der Waals surface area contributed by atoms with Crippen LogP contribution in [0.3, 0.4) is 0 Å². The van der Waals surface area contributed by atoms with Crippen LogP contribution in [0.1, 0.15) is 26.2 Å². The van der Waals surface area contributed by atoms with E-state index in [4.69, 9.17) is 0 Å². The van der Waals surface area contributed by atoms with Crippen LogP contribution in [-0.2, 0) is 0 Å². The molecule has 0 aromatic carbocycles. The van der Waals surface area contributed by atoms with Gasteiger partial charge in [-0.25, -0.2) is 0 Å². The molecule has 0 saturated carbocycles. The summed E-state index contributed by atoms with van der Waals surface area (Å²) in [5.74, 6) is 0. The molecule has 1 rings (SSSR count). The van der Waals surface area contributed by atoms with Gasteiger partial charge in [-0.2, -0.15) is 0 Å². The molecule has 1 heterocycles. The molecule has 1 nitrogen and oxygen atoms in total. The van der Waals surface area contributed by atoms with E-state index in [0.29, 0.717) is 0 Å². The molecule has 1 heteroatoms. The molecule has 44 valence electrons. The molecular weight excluding hydrogens is 98.1 g/mol. The van der Waals surface area contributed by atoms with Crippen LogP contribution >= 0.6 is 0 Å². The van der Waals surface area contributed by atoms with Gasteiger partial charge in [-0.3, -0.25) is 4.99 Å². The molecule has 1 aliphatic rings. The van der Waals surface area contributed by atoms with Crippen molar-refractivity contribution in [1.29, 1.82) is 0 Å². The van der Waals surface area contributed by atoms with Crippen molar-refractivity contribution in [3.63, 3.8) is 0 Å². The van der Waals surface area contributed by atoms with E-state index in [1.54, 1.807) is 0 Å². The molecule has 1 aliphatic heterocycles. The molecule has 0 saturated heterocycles. The number of aliphatic imine (C=N–C) groups is 1. The smallest absolute Gasteiger partial charge is 0.0357 e. The van der Waals surface area contributed by atoms with Gasteiger partial charge in [0, 0.05) is 11.9 Å². The predicted molar refractivity (Wildman–Crippen MR) is 36.1 cm³/mol. The average Bonchev–Trinajstić information content (AvgIpc) is 1.90. The van der Waals surface area contributed by atoms with Crippen molar-refractivity contribution in [3.05, 3.63) is 11.8 Å². The number of nitrogens with zero attached hydrogens (tertiary/aromatic N) is 1. The Kier molecular flexibility index (Phi) is 1.84. The van der Waals surface area contributed by atoms with Gasteiger partial charge in [0.15, 0.2) is 0 Å². The van der Waals surface area contributed by atoms with Gasteiger partial charge in [0.25, 0.3) is 0 Å². The fraction of sp³-hybridized carbons (Fsp3) is 0.571. The van der Waals surface area contributed by atoms with Crippen LogP contribution in [0, 0.1) is 0 Å². The maximum atomic E-state index is 4.18. The molecule has 0 spiro atoms. The quantitative estimate of drug-likeness (QED) is 0.489. The molecule has 0 radical (unpaired) electrons. The molecule has 0 fully saturated rings. The summed E-state index contributed by atoms with van der Waals surface area (Å²) in [6.45, 7) is 2.13. The molecule has 0 amide bonds. The Bertz CT molecular complexity index is 122. The SMILES string of the molecule is CCC1=CCCC=N1. The second-order valence-electron chi connectivity index (χ2n) is 1.94. The van der Waals surface area contributed by atoms with Crippen molar-refractivity contribution in [2.45, 2.75) is 26.2 Å². The van der Waals surface area contributed by atoms with Crippen molar-refractivity contribution < 1.29 is 0 Å². The zero-order valence-corrected chi connectivity index (χ0v) is 5.22. The highest BCUT2D eigenvalue weighted by Crippen LogP contribution is 2.08. The van der Waals surface area contributed by atoms with Crippen molar-refractivity contribution in [2.24, 2.45) is 4.99 Å². The summed E-state index contributed by atoms with van der Waals surface area (Å²) in [4.78, 5) is 4.18. The number of hydrogen-bond donors (Lipinski definition) is 0. The zero-order chi connectivity index (χ0) is 5.82. The summed E-state index contributed by atoms with van der Waals surface area (Å²) in [5, 5.41) is 0. The summed E-state index contributed by atoms with van der Waals surface area (Å²) in [5.41, 5.74) is 1.25. The minimum absolute atomic E-state index is 1.08. The minimum Gasteiger partial charge on any atom is -0.266 e. The molecule has 0 unspecified atom stereocenters. The first-order valence-corrected chi connectivity index (χ1v) is 3.15. The first kappa shape index (κ1) is 5.54. The van der Waals surface area contributed by atoms with E-state index in [1.807, 2.05) is 6.21 Å². The largest absolute Gasteiger partial charge is 0.266 e. The number of rotatable bonds is 1. The summed E-state index contributed by atoms with van der Waals surface area (Å²) in [6.07, 6.45) is 7.60. The maximum absolute atomic E-state index is 4.18. The van der Waals surface area contributed by atoms with Gasteiger partial charge in [0.1, 0.15) is 0 Å². The summed E-state index contributed by atoms with van der Waals surface area (Å²) in [6, 6.07) is 0. The first-order valence-electron chi connectivity index (χ1n) is 3.15. The predicted octanol–water partition coefficient (Wildman–Crippen LogP) is 2.14. The third kappa shape index (κ3) is 1.19. The van der Waals surface area contributed by atoms with E-state index < -0.39 is 0 Å². The Labute approximate surface area is 50.1 Å². The second kappa shape index (κ2) is 2.65.